The van der Waals surface area contributed by atoms with Crippen molar-refractivity contribution >= 4 is 16.4 Å². The molecule has 22 heavy (non-hydrogen) atoms. The summed E-state index contributed by atoms with van der Waals surface area (Å²) in [6.45, 7) is 13.2. The van der Waals surface area contributed by atoms with Crippen molar-refractivity contribution in [2.24, 2.45) is 10.8 Å². The van der Waals surface area contributed by atoms with E-state index in [-0.39, 0.29) is 22.1 Å². The fourth-order valence-corrected chi connectivity index (χ4v) is 3.30. The van der Waals surface area contributed by atoms with E-state index in [0.717, 1.165) is 12.0 Å². The van der Waals surface area contributed by atoms with Crippen LogP contribution in [0, 0.1) is 10.8 Å². The normalized spacial score (nSPS) is 14.5. The van der Waals surface area contributed by atoms with Gasteiger partial charge in [-0.05, 0) is 40.9 Å². The second-order valence-corrected chi connectivity index (χ2v) is 9.71. The molecule has 5 heteroatoms. The lowest BCUT2D eigenvalue weighted by atomic mass is 9.69. The Kier molecular flexibility index (Phi) is 5.44. The molecule has 0 heterocycles. The number of sulfonamides is 1. The minimum atomic E-state index is -3.74. The lowest BCUT2D eigenvalue weighted by Crippen LogP contribution is -2.24. The van der Waals surface area contributed by atoms with E-state index < -0.39 is 10.0 Å². The molecule has 1 aromatic rings. The van der Waals surface area contributed by atoms with Crippen molar-refractivity contribution in [3.8, 4) is 0 Å². The highest BCUT2D eigenvalue weighted by Crippen LogP contribution is 2.43. The van der Waals surface area contributed by atoms with Crippen LogP contribution in [0.2, 0.25) is 0 Å². The maximum absolute atomic E-state index is 11.8. The fraction of sp³-hybridized carbons (Fsp3) is 0.588. The van der Waals surface area contributed by atoms with Crippen molar-refractivity contribution in [3.05, 3.63) is 29.8 Å². The molecule has 124 valence electrons. The molecule has 1 amide bonds. The zero-order chi connectivity index (χ0) is 17.2. The molecule has 0 radical (unpaired) electrons. The fourth-order valence-electron chi connectivity index (χ4n) is 2.55. The molecule has 0 aliphatic rings. The summed E-state index contributed by atoms with van der Waals surface area (Å²) in [7, 11) is -3.74. The van der Waals surface area contributed by atoms with Gasteiger partial charge < -0.3 is 0 Å². The first-order valence-corrected chi connectivity index (χ1v) is 8.91. The largest absolute Gasteiger partial charge is 0.278 e. The van der Waals surface area contributed by atoms with Crippen LogP contribution in [0.4, 0.5) is 0 Å². The lowest BCUT2D eigenvalue weighted by molar-refractivity contribution is -0.108. The zero-order valence-electron chi connectivity index (χ0n) is 14.3. The molecule has 0 bridgehead atoms. The van der Waals surface area contributed by atoms with E-state index in [0.29, 0.717) is 5.92 Å². The third kappa shape index (κ3) is 5.13. The number of hydrogen-bond donors (Lipinski definition) is 1. The highest BCUT2D eigenvalue weighted by molar-refractivity contribution is 7.90. The Morgan fingerprint density at radius 1 is 1.05 bits per heavy atom. The van der Waals surface area contributed by atoms with Crippen LogP contribution in [0.3, 0.4) is 0 Å². The van der Waals surface area contributed by atoms with Crippen molar-refractivity contribution in [3.63, 3.8) is 0 Å². The highest BCUT2D eigenvalue weighted by atomic mass is 32.2. The van der Waals surface area contributed by atoms with E-state index in [1.54, 1.807) is 12.1 Å². The van der Waals surface area contributed by atoms with Crippen LogP contribution < -0.4 is 4.72 Å². The Morgan fingerprint density at radius 3 is 1.91 bits per heavy atom. The number of amides is 1. The van der Waals surface area contributed by atoms with Crippen LogP contribution in [0.5, 0.6) is 0 Å². The summed E-state index contributed by atoms with van der Waals surface area (Å²) in [6.07, 6.45) is 1.19. The molecule has 4 nitrogen and oxygen atoms in total. The molecule has 0 aliphatic carbocycles. The van der Waals surface area contributed by atoms with Crippen LogP contribution >= 0.6 is 0 Å². The average Bonchev–Trinajstić information content (AvgIpc) is 2.34. The minimum absolute atomic E-state index is 0.0781. The van der Waals surface area contributed by atoms with Crippen LogP contribution in [-0.4, -0.2) is 14.8 Å². The first kappa shape index (κ1) is 18.7. The molecule has 1 atom stereocenters. The third-order valence-corrected chi connectivity index (χ3v) is 4.96. The standard InChI is InChI=1S/C17H27NO3S/c1-16(2,3)11-15(17(4,5)6)13-7-9-14(10-8-13)22(20,21)18-12-19/h7-10,12,15H,11H2,1-6H3,(H,18,19)/t15-/m1/s1. The molecule has 0 aliphatic heterocycles. The van der Waals surface area contributed by atoms with Gasteiger partial charge in [-0.1, -0.05) is 53.7 Å². The Bertz CT molecular complexity index is 605. The van der Waals surface area contributed by atoms with Crippen molar-refractivity contribution in [1.29, 1.82) is 0 Å². The van der Waals surface area contributed by atoms with Gasteiger partial charge in [0.05, 0.1) is 4.90 Å². The van der Waals surface area contributed by atoms with Gasteiger partial charge in [-0.25, -0.2) is 8.42 Å². The summed E-state index contributed by atoms with van der Waals surface area (Å²) in [5, 5.41) is 0. The van der Waals surface area contributed by atoms with E-state index in [1.165, 1.54) is 0 Å². The smallest absolute Gasteiger partial charge is 0.263 e. The van der Waals surface area contributed by atoms with E-state index in [1.807, 2.05) is 16.9 Å². The summed E-state index contributed by atoms with van der Waals surface area (Å²) >= 11 is 0. The second kappa shape index (κ2) is 6.41. The molecule has 0 fully saturated rings. The van der Waals surface area contributed by atoms with Gasteiger partial charge in [-0.15, -0.1) is 0 Å². The quantitative estimate of drug-likeness (QED) is 0.840. The summed E-state index contributed by atoms with van der Waals surface area (Å²) in [4.78, 5) is 10.5. The molecular formula is C17H27NO3S. The molecule has 0 unspecified atom stereocenters. The van der Waals surface area contributed by atoms with Crippen LogP contribution in [0.1, 0.15) is 59.4 Å². The Labute approximate surface area is 134 Å². The number of benzene rings is 1. The number of hydrogen-bond acceptors (Lipinski definition) is 3. The first-order chi connectivity index (χ1) is 9.87. The van der Waals surface area contributed by atoms with E-state index in [9.17, 15) is 13.2 Å². The van der Waals surface area contributed by atoms with E-state index >= 15 is 0 Å². The monoisotopic (exact) mass is 325 g/mol. The zero-order valence-corrected chi connectivity index (χ0v) is 15.1. The van der Waals surface area contributed by atoms with E-state index in [4.69, 9.17) is 0 Å². The molecular weight excluding hydrogens is 298 g/mol. The maximum Gasteiger partial charge on any atom is 0.263 e. The van der Waals surface area contributed by atoms with Gasteiger partial charge in [0, 0.05) is 0 Å². The molecule has 1 N–H and O–H groups in total. The highest BCUT2D eigenvalue weighted by Gasteiger charge is 2.30. The van der Waals surface area contributed by atoms with Gasteiger partial charge in [-0.3, -0.25) is 9.52 Å². The molecule has 0 aromatic heterocycles. The van der Waals surface area contributed by atoms with E-state index in [2.05, 4.69) is 41.5 Å². The Morgan fingerprint density at radius 2 is 1.55 bits per heavy atom. The first-order valence-electron chi connectivity index (χ1n) is 7.43. The number of rotatable bonds is 5. The minimum Gasteiger partial charge on any atom is -0.278 e. The van der Waals surface area contributed by atoms with Gasteiger partial charge in [0.15, 0.2) is 0 Å². The Hall–Kier alpha value is -1.36. The molecule has 1 rings (SSSR count). The predicted molar refractivity (Wildman–Crippen MR) is 89.1 cm³/mol. The van der Waals surface area contributed by atoms with Gasteiger partial charge in [0.2, 0.25) is 6.41 Å². The van der Waals surface area contributed by atoms with Crippen molar-refractivity contribution in [2.45, 2.75) is 58.8 Å². The SMILES string of the molecule is CC(C)(C)C[C@H](c1ccc(S(=O)(=O)NC=O)cc1)C(C)(C)C. The van der Waals surface area contributed by atoms with Crippen LogP contribution in [-0.2, 0) is 14.8 Å². The van der Waals surface area contributed by atoms with Crippen molar-refractivity contribution in [2.75, 3.05) is 0 Å². The summed E-state index contributed by atoms with van der Waals surface area (Å²) in [5.74, 6) is 0.322. The average molecular weight is 325 g/mol. The molecule has 0 saturated heterocycles. The Balaban J connectivity index is 3.16. The topological polar surface area (TPSA) is 63.2 Å². The van der Waals surface area contributed by atoms with Crippen molar-refractivity contribution in [1.82, 2.24) is 4.72 Å². The van der Waals surface area contributed by atoms with Crippen molar-refractivity contribution < 1.29 is 13.2 Å². The predicted octanol–water partition coefficient (Wildman–Crippen LogP) is 3.69. The van der Waals surface area contributed by atoms with Gasteiger partial charge in [0.25, 0.3) is 10.0 Å². The molecule has 0 spiro atoms. The van der Waals surface area contributed by atoms with Gasteiger partial charge >= 0.3 is 0 Å². The maximum atomic E-state index is 11.8. The number of carbonyl (C=O) groups excluding carboxylic acids is 1. The number of carbonyl (C=O) groups is 1. The summed E-state index contributed by atoms with van der Waals surface area (Å²) < 4.78 is 25.4. The third-order valence-electron chi connectivity index (χ3n) is 3.66. The lowest BCUT2D eigenvalue weighted by Gasteiger charge is -2.36. The van der Waals surface area contributed by atoms with Gasteiger partial charge in [0.1, 0.15) is 0 Å². The molecule has 1 aromatic carbocycles. The summed E-state index contributed by atoms with van der Waals surface area (Å²) in [6, 6.07) is 6.81. The second-order valence-electron chi connectivity index (χ2n) is 7.99. The van der Waals surface area contributed by atoms with Crippen LogP contribution in [0.15, 0.2) is 29.2 Å². The molecule has 0 saturated carbocycles. The van der Waals surface area contributed by atoms with Gasteiger partial charge in [-0.2, -0.15) is 0 Å². The van der Waals surface area contributed by atoms with Crippen LogP contribution in [0.25, 0.3) is 0 Å². The summed E-state index contributed by atoms with van der Waals surface area (Å²) in [5.41, 5.74) is 1.38. The number of nitrogens with one attached hydrogen (secondary N) is 1.